The van der Waals surface area contributed by atoms with Crippen molar-refractivity contribution in [2.24, 2.45) is 0 Å². The van der Waals surface area contributed by atoms with E-state index in [4.69, 9.17) is 4.42 Å². The molecule has 2 aromatic heterocycles. The van der Waals surface area contributed by atoms with Crippen LogP contribution in [0.1, 0.15) is 20.8 Å². The number of nitrogens with zero attached hydrogens (tertiary/aromatic N) is 3. The fourth-order valence-corrected chi connectivity index (χ4v) is 1.23. The Kier molecular flexibility index (Phi) is 1.70. The number of fused-ring (bicyclic) bond motifs is 1. The lowest BCUT2D eigenvalue weighted by Gasteiger charge is -2.20. The van der Waals surface area contributed by atoms with Gasteiger partial charge in [0.15, 0.2) is 6.39 Å². The van der Waals surface area contributed by atoms with Crippen LogP contribution in [0.15, 0.2) is 21.9 Å². The third-order valence-corrected chi connectivity index (χ3v) is 1.98. The molecular weight excluding hydrogens is 182 g/mol. The van der Waals surface area contributed by atoms with Gasteiger partial charge in [0.05, 0.1) is 0 Å². The van der Waals surface area contributed by atoms with E-state index in [-0.39, 0.29) is 16.7 Å². The molecule has 0 aromatic carbocycles. The molecule has 0 saturated heterocycles. The van der Waals surface area contributed by atoms with Crippen LogP contribution < -0.4 is 5.56 Å². The molecular formula is C9H11N3O2. The summed E-state index contributed by atoms with van der Waals surface area (Å²) in [7, 11) is 0. The predicted molar refractivity (Wildman–Crippen MR) is 51.1 cm³/mol. The molecule has 0 unspecified atom stereocenters. The lowest BCUT2D eigenvalue weighted by molar-refractivity contribution is 0.378. The van der Waals surface area contributed by atoms with E-state index >= 15 is 0 Å². The molecule has 2 rings (SSSR count). The largest absolute Gasteiger partial charge is 0.436 e. The van der Waals surface area contributed by atoms with Crippen LogP contribution in [0, 0.1) is 0 Å². The molecule has 74 valence electrons. The number of aromatic nitrogens is 3. The molecule has 0 radical (unpaired) electrons. The first-order valence-corrected chi connectivity index (χ1v) is 4.31. The summed E-state index contributed by atoms with van der Waals surface area (Å²) in [5.74, 6) is 0. The zero-order valence-corrected chi connectivity index (χ0v) is 8.31. The summed E-state index contributed by atoms with van der Waals surface area (Å²) < 4.78 is 6.51. The third-order valence-electron chi connectivity index (χ3n) is 1.98. The van der Waals surface area contributed by atoms with Crippen molar-refractivity contribution >= 4 is 11.2 Å². The first-order valence-electron chi connectivity index (χ1n) is 4.31. The molecule has 0 saturated carbocycles. The van der Waals surface area contributed by atoms with Crippen LogP contribution in [0.3, 0.4) is 0 Å². The Morgan fingerprint density at radius 3 is 2.71 bits per heavy atom. The number of hydrogen-bond acceptors (Lipinski definition) is 4. The van der Waals surface area contributed by atoms with E-state index in [9.17, 15) is 4.79 Å². The normalized spacial score (nSPS) is 12.2. The van der Waals surface area contributed by atoms with Gasteiger partial charge in [-0.3, -0.25) is 9.36 Å². The molecule has 0 fully saturated rings. The van der Waals surface area contributed by atoms with Gasteiger partial charge in [0.25, 0.3) is 5.56 Å². The van der Waals surface area contributed by atoms with E-state index in [2.05, 4.69) is 9.97 Å². The van der Waals surface area contributed by atoms with Crippen molar-refractivity contribution in [3.8, 4) is 0 Å². The first-order chi connectivity index (χ1) is 6.50. The van der Waals surface area contributed by atoms with Crippen molar-refractivity contribution < 1.29 is 4.42 Å². The van der Waals surface area contributed by atoms with Gasteiger partial charge < -0.3 is 4.42 Å². The minimum atomic E-state index is -0.301. The van der Waals surface area contributed by atoms with Gasteiger partial charge in [0.2, 0.25) is 11.2 Å². The highest BCUT2D eigenvalue weighted by Crippen LogP contribution is 2.11. The average Bonchev–Trinajstić information content (AvgIpc) is 2.50. The molecule has 0 spiro atoms. The minimum Gasteiger partial charge on any atom is -0.436 e. The zero-order chi connectivity index (χ0) is 10.3. The van der Waals surface area contributed by atoms with Gasteiger partial charge in [-0.15, -0.1) is 0 Å². The average molecular weight is 193 g/mol. The monoisotopic (exact) mass is 193 g/mol. The van der Waals surface area contributed by atoms with Crippen LogP contribution in [-0.2, 0) is 5.54 Å². The second-order valence-corrected chi connectivity index (χ2v) is 4.10. The van der Waals surface area contributed by atoms with Crippen molar-refractivity contribution in [1.29, 1.82) is 0 Å². The Hall–Kier alpha value is -1.65. The van der Waals surface area contributed by atoms with E-state index in [1.807, 2.05) is 20.8 Å². The smallest absolute Gasteiger partial charge is 0.299 e. The molecule has 2 aromatic rings. The van der Waals surface area contributed by atoms with Gasteiger partial charge in [-0.1, -0.05) is 0 Å². The van der Waals surface area contributed by atoms with Crippen molar-refractivity contribution in [1.82, 2.24) is 14.5 Å². The summed E-state index contributed by atoms with van der Waals surface area (Å²) in [6, 6.07) is 0. The SMILES string of the molecule is CC(C)(C)n1cnc2ncoc2c1=O. The second-order valence-electron chi connectivity index (χ2n) is 4.10. The quantitative estimate of drug-likeness (QED) is 0.629. The lowest BCUT2D eigenvalue weighted by Crippen LogP contribution is -2.33. The van der Waals surface area contributed by atoms with Crippen molar-refractivity contribution in [3.05, 3.63) is 23.1 Å². The molecule has 5 nitrogen and oxygen atoms in total. The van der Waals surface area contributed by atoms with Gasteiger partial charge >= 0.3 is 0 Å². The van der Waals surface area contributed by atoms with Crippen LogP contribution in [0.5, 0.6) is 0 Å². The van der Waals surface area contributed by atoms with Crippen LogP contribution in [0.4, 0.5) is 0 Å². The van der Waals surface area contributed by atoms with E-state index in [1.165, 1.54) is 17.3 Å². The number of rotatable bonds is 0. The third kappa shape index (κ3) is 1.21. The van der Waals surface area contributed by atoms with Gasteiger partial charge in [0.1, 0.15) is 6.33 Å². The maximum Gasteiger partial charge on any atom is 0.299 e. The van der Waals surface area contributed by atoms with Gasteiger partial charge in [0, 0.05) is 5.54 Å². The van der Waals surface area contributed by atoms with Gasteiger partial charge in [-0.2, -0.15) is 4.98 Å². The van der Waals surface area contributed by atoms with E-state index in [0.29, 0.717) is 5.65 Å². The van der Waals surface area contributed by atoms with Crippen molar-refractivity contribution in [2.45, 2.75) is 26.3 Å². The predicted octanol–water partition coefficient (Wildman–Crippen LogP) is 1.14. The molecule has 2 heterocycles. The Morgan fingerprint density at radius 2 is 2.07 bits per heavy atom. The molecule has 0 atom stereocenters. The van der Waals surface area contributed by atoms with Crippen LogP contribution in [0.25, 0.3) is 11.2 Å². The molecule has 0 aliphatic rings. The first kappa shape index (κ1) is 8.93. The Labute approximate surface area is 80.4 Å². The summed E-state index contributed by atoms with van der Waals surface area (Å²) in [5.41, 5.74) is 0.0725. The van der Waals surface area contributed by atoms with Crippen molar-refractivity contribution in [3.63, 3.8) is 0 Å². The fourth-order valence-electron chi connectivity index (χ4n) is 1.23. The van der Waals surface area contributed by atoms with E-state index in [1.54, 1.807) is 0 Å². The van der Waals surface area contributed by atoms with E-state index in [0.717, 1.165) is 0 Å². The summed E-state index contributed by atoms with van der Waals surface area (Å²) in [6.07, 6.45) is 2.72. The summed E-state index contributed by atoms with van der Waals surface area (Å²) >= 11 is 0. The standard InChI is InChI=1S/C9H11N3O2/c1-9(2,3)12-4-10-7-6(8(12)13)14-5-11-7/h4-5H,1-3H3. The van der Waals surface area contributed by atoms with E-state index < -0.39 is 0 Å². The van der Waals surface area contributed by atoms with Gasteiger partial charge in [-0.05, 0) is 20.8 Å². The maximum atomic E-state index is 11.8. The lowest BCUT2D eigenvalue weighted by atomic mass is 10.1. The Bertz CT molecular complexity index is 519. The van der Waals surface area contributed by atoms with Crippen LogP contribution >= 0.6 is 0 Å². The highest BCUT2D eigenvalue weighted by Gasteiger charge is 2.17. The number of oxazole rings is 1. The number of hydrogen-bond donors (Lipinski definition) is 0. The van der Waals surface area contributed by atoms with Crippen molar-refractivity contribution in [2.75, 3.05) is 0 Å². The Morgan fingerprint density at radius 1 is 1.36 bits per heavy atom. The minimum absolute atomic E-state index is 0.194. The topological polar surface area (TPSA) is 60.9 Å². The molecule has 0 N–H and O–H groups in total. The second kappa shape index (κ2) is 2.67. The summed E-state index contributed by atoms with van der Waals surface area (Å²) in [6.45, 7) is 5.79. The summed E-state index contributed by atoms with van der Waals surface area (Å²) in [4.78, 5) is 19.7. The highest BCUT2D eigenvalue weighted by molar-refractivity contribution is 5.64. The molecule has 0 aliphatic carbocycles. The molecule has 5 heteroatoms. The molecule has 14 heavy (non-hydrogen) atoms. The van der Waals surface area contributed by atoms with Crippen LogP contribution in [-0.4, -0.2) is 14.5 Å². The maximum absolute atomic E-state index is 11.8. The Balaban J connectivity index is 2.81. The molecule has 0 bridgehead atoms. The fraction of sp³-hybridized carbons (Fsp3) is 0.444. The zero-order valence-electron chi connectivity index (χ0n) is 8.31. The highest BCUT2D eigenvalue weighted by atomic mass is 16.3. The molecule has 0 aliphatic heterocycles. The molecule has 0 amide bonds. The summed E-state index contributed by atoms with van der Waals surface area (Å²) in [5, 5.41) is 0. The van der Waals surface area contributed by atoms with Crippen LogP contribution in [0.2, 0.25) is 0 Å². The van der Waals surface area contributed by atoms with Gasteiger partial charge in [-0.25, -0.2) is 4.98 Å².